The molecule has 0 aliphatic heterocycles. The van der Waals surface area contributed by atoms with E-state index in [4.69, 9.17) is 4.42 Å². The highest BCUT2D eigenvalue weighted by atomic mass is 16.3. The number of phenols is 1. The Bertz CT molecular complexity index is 1750. The molecule has 5 rings (SSSR count). The monoisotopic (exact) mass is 623 g/mol. The lowest BCUT2D eigenvalue weighted by molar-refractivity contribution is -0.144. The van der Waals surface area contributed by atoms with Crippen LogP contribution in [0.15, 0.2) is 107 Å². The number of hydrogen-bond donors (Lipinski definition) is 5. The lowest BCUT2D eigenvalue weighted by Crippen LogP contribution is -2.63. The summed E-state index contributed by atoms with van der Waals surface area (Å²) in [5.41, 5.74) is 1.28. The van der Waals surface area contributed by atoms with Gasteiger partial charge < -0.3 is 35.7 Å². The van der Waals surface area contributed by atoms with E-state index in [1.54, 1.807) is 36.4 Å². The van der Waals surface area contributed by atoms with Crippen molar-refractivity contribution in [2.24, 2.45) is 0 Å². The number of nitrogens with one attached hydrogen (secondary N) is 4. The Hall–Kier alpha value is -5.42. The average Bonchev–Trinajstić information content (AvgIpc) is 3.83. The summed E-state index contributed by atoms with van der Waals surface area (Å²) in [5, 5.41) is 22.0. The molecule has 1 atom stereocenters. The minimum atomic E-state index is -1.10. The number of rotatable bonds is 14. The summed E-state index contributed by atoms with van der Waals surface area (Å²) >= 11 is 0. The van der Waals surface area contributed by atoms with Crippen molar-refractivity contribution in [3.63, 3.8) is 0 Å². The number of para-hydroxylation sites is 1. The van der Waals surface area contributed by atoms with E-state index in [0.29, 0.717) is 41.5 Å². The molecule has 238 valence electrons. The van der Waals surface area contributed by atoms with Gasteiger partial charge in [0.05, 0.1) is 18.2 Å². The summed E-state index contributed by atoms with van der Waals surface area (Å²) in [6, 6.07) is 20.8. The number of carbonyl (C=O) groups excluding carboxylic acids is 3. The van der Waals surface area contributed by atoms with Crippen LogP contribution in [-0.2, 0) is 29.1 Å². The van der Waals surface area contributed by atoms with Crippen LogP contribution in [-0.4, -0.2) is 52.6 Å². The smallest absolute Gasteiger partial charge is 0.316 e. The molecule has 1 aromatic heterocycles. The lowest BCUT2D eigenvalue weighted by atomic mass is 10.0. The van der Waals surface area contributed by atoms with Gasteiger partial charge in [-0.25, -0.2) is 4.79 Å². The average molecular weight is 624 g/mol. The summed E-state index contributed by atoms with van der Waals surface area (Å²) in [5.74, 6) is -0.768. The van der Waals surface area contributed by atoms with Gasteiger partial charge in [0.2, 0.25) is 11.8 Å². The molecule has 0 bridgehead atoms. The molecule has 11 nitrogen and oxygen atoms in total. The van der Waals surface area contributed by atoms with Crippen LogP contribution >= 0.6 is 0 Å². The Morgan fingerprint density at radius 2 is 1.70 bits per heavy atom. The van der Waals surface area contributed by atoms with Crippen molar-refractivity contribution in [2.45, 2.75) is 44.1 Å². The van der Waals surface area contributed by atoms with E-state index in [0.717, 1.165) is 5.56 Å². The number of phenolic OH excluding ortho intramolecular Hbond substituents is 1. The predicted molar refractivity (Wildman–Crippen MR) is 174 cm³/mol. The Kier molecular flexibility index (Phi) is 10.1. The van der Waals surface area contributed by atoms with E-state index in [1.165, 1.54) is 29.4 Å². The maximum absolute atomic E-state index is 14.1. The summed E-state index contributed by atoms with van der Waals surface area (Å²) in [4.78, 5) is 55.0. The molecule has 0 radical (unpaired) electrons. The third kappa shape index (κ3) is 7.80. The normalized spacial score (nSPS) is 13.7. The molecule has 1 fully saturated rings. The topological polar surface area (TPSA) is 153 Å². The van der Waals surface area contributed by atoms with Gasteiger partial charge in [-0.2, -0.15) is 0 Å². The number of urea groups is 1. The van der Waals surface area contributed by atoms with E-state index in [1.807, 2.05) is 30.3 Å². The van der Waals surface area contributed by atoms with Gasteiger partial charge in [-0.1, -0.05) is 60.7 Å². The van der Waals surface area contributed by atoms with E-state index in [-0.39, 0.29) is 43.1 Å². The van der Waals surface area contributed by atoms with Gasteiger partial charge in [0.1, 0.15) is 23.0 Å². The second kappa shape index (κ2) is 14.6. The molecule has 1 aliphatic carbocycles. The minimum Gasteiger partial charge on any atom is -0.508 e. The number of aromatic hydroxyl groups is 1. The molecule has 0 saturated heterocycles. The van der Waals surface area contributed by atoms with Gasteiger partial charge in [-0.05, 0) is 42.2 Å². The first-order chi connectivity index (χ1) is 22.3. The van der Waals surface area contributed by atoms with Gasteiger partial charge in [0, 0.05) is 37.7 Å². The number of hydrogen-bond acceptors (Lipinski definition) is 7. The summed E-state index contributed by atoms with van der Waals surface area (Å²) in [6.45, 7) is 4.30. The first-order valence-electron chi connectivity index (χ1n) is 15.1. The van der Waals surface area contributed by atoms with Gasteiger partial charge in [0.25, 0.3) is 0 Å². The van der Waals surface area contributed by atoms with E-state index >= 15 is 0 Å². The number of carbonyl (C=O) groups is 3. The molecule has 0 spiro atoms. The van der Waals surface area contributed by atoms with Crippen LogP contribution in [0.4, 0.5) is 4.79 Å². The van der Waals surface area contributed by atoms with Crippen LogP contribution in [0.5, 0.6) is 5.75 Å². The molecule has 5 N–H and O–H groups in total. The largest absolute Gasteiger partial charge is 0.508 e. The van der Waals surface area contributed by atoms with E-state index in [9.17, 15) is 24.3 Å². The molecule has 3 aromatic carbocycles. The third-order valence-electron chi connectivity index (χ3n) is 7.86. The molecule has 4 amide bonds. The van der Waals surface area contributed by atoms with Crippen molar-refractivity contribution >= 4 is 28.8 Å². The Balaban J connectivity index is 1.43. The molecular formula is C35H37N5O6. The molecular weight excluding hydrogens is 586 g/mol. The Labute approximate surface area is 266 Å². The van der Waals surface area contributed by atoms with Gasteiger partial charge in [0.15, 0.2) is 5.43 Å². The molecule has 46 heavy (non-hydrogen) atoms. The minimum absolute atomic E-state index is 0.0317. The van der Waals surface area contributed by atoms with Gasteiger partial charge in [-0.3, -0.25) is 14.4 Å². The van der Waals surface area contributed by atoms with Crippen molar-refractivity contribution < 1.29 is 23.9 Å². The molecule has 1 heterocycles. The molecule has 11 heteroatoms. The fourth-order valence-corrected chi connectivity index (χ4v) is 5.42. The second-order valence-electron chi connectivity index (χ2n) is 11.2. The van der Waals surface area contributed by atoms with Gasteiger partial charge in [-0.15, -0.1) is 6.58 Å². The molecule has 4 aromatic rings. The third-order valence-corrected chi connectivity index (χ3v) is 7.86. The standard InChI is InChI=1S/C35H37N5O6/c1-2-18-36-23-31(43)40(35(16-17-35)39-34(45)38-21-25-7-4-3-5-8-25)29(20-24-11-13-27(41)14-12-24)33(44)37-22-26-9-6-10-28-30(42)15-19-46-32(26)28/h2-15,19,29,36,41H,1,16-18,20-23H2,(H,37,44)(H2,38,39,45)/t29-/m0/s1. The van der Waals surface area contributed by atoms with Gasteiger partial charge >= 0.3 is 6.03 Å². The van der Waals surface area contributed by atoms with Crippen molar-refractivity contribution in [2.75, 3.05) is 13.1 Å². The fraction of sp³-hybridized carbons (Fsp3) is 0.257. The molecule has 1 aliphatic rings. The number of nitrogens with zero attached hydrogens (tertiary/aromatic N) is 1. The number of amides is 4. The van der Waals surface area contributed by atoms with E-state index < -0.39 is 23.6 Å². The van der Waals surface area contributed by atoms with Crippen molar-refractivity contribution in [3.8, 4) is 5.75 Å². The maximum atomic E-state index is 14.1. The van der Waals surface area contributed by atoms with E-state index in [2.05, 4.69) is 27.8 Å². The molecule has 0 unspecified atom stereocenters. The number of fused-ring (bicyclic) bond motifs is 1. The quantitative estimate of drug-likeness (QED) is 0.0821. The molecule has 1 saturated carbocycles. The fourth-order valence-electron chi connectivity index (χ4n) is 5.42. The maximum Gasteiger partial charge on any atom is 0.316 e. The highest BCUT2D eigenvalue weighted by molar-refractivity contribution is 5.90. The van der Waals surface area contributed by atoms with Crippen molar-refractivity contribution in [1.82, 2.24) is 26.2 Å². The first kappa shape index (κ1) is 32.0. The SMILES string of the molecule is C=CCNCC(=O)N([C@@H](Cc1ccc(O)cc1)C(=O)NCc1cccc2c(=O)ccoc12)C1(NC(=O)NCc2ccccc2)CC1. The zero-order chi connectivity index (χ0) is 32.5. The summed E-state index contributed by atoms with van der Waals surface area (Å²) in [7, 11) is 0. The lowest BCUT2D eigenvalue weighted by Gasteiger charge is -2.38. The summed E-state index contributed by atoms with van der Waals surface area (Å²) in [6.07, 6.45) is 3.95. The van der Waals surface area contributed by atoms with Crippen LogP contribution in [0.2, 0.25) is 0 Å². The van der Waals surface area contributed by atoms with Crippen molar-refractivity contribution in [1.29, 1.82) is 0 Å². The van der Waals surface area contributed by atoms with Crippen LogP contribution < -0.4 is 26.7 Å². The second-order valence-corrected chi connectivity index (χ2v) is 11.2. The summed E-state index contributed by atoms with van der Waals surface area (Å²) < 4.78 is 5.62. The zero-order valence-electron chi connectivity index (χ0n) is 25.3. The Morgan fingerprint density at radius 1 is 0.935 bits per heavy atom. The highest BCUT2D eigenvalue weighted by Gasteiger charge is 2.55. The van der Waals surface area contributed by atoms with Crippen LogP contribution in [0.25, 0.3) is 11.0 Å². The van der Waals surface area contributed by atoms with Crippen molar-refractivity contribution in [3.05, 3.63) is 125 Å². The van der Waals surface area contributed by atoms with Crippen LogP contribution in [0.3, 0.4) is 0 Å². The van der Waals surface area contributed by atoms with Crippen LogP contribution in [0.1, 0.15) is 29.5 Å². The van der Waals surface area contributed by atoms with Crippen LogP contribution in [0, 0.1) is 0 Å². The zero-order valence-corrected chi connectivity index (χ0v) is 25.3. The predicted octanol–water partition coefficient (Wildman–Crippen LogP) is 3.32. The Morgan fingerprint density at radius 3 is 2.41 bits per heavy atom. The first-order valence-corrected chi connectivity index (χ1v) is 15.1. The highest BCUT2D eigenvalue weighted by Crippen LogP contribution is 2.41. The number of benzene rings is 3.